The van der Waals surface area contributed by atoms with Gasteiger partial charge >= 0.3 is 0 Å². The number of hydrogen-bond acceptors (Lipinski definition) is 2. The summed E-state index contributed by atoms with van der Waals surface area (Å²) in [5.41, 5.74) is 2.82. The molecule has 0 heterocycles. The van der Waals surface area contributed by atoms with Gasteiger partial charge in [-0.25, -0.2) is 0 Å². The van der Waals surface area contributed by atoms with Crippen LogP contribution >= 0.6 is 0 Å². The fourth-order valence-electron chi connectivity index (χ4n) is 5.78. The van der Waals surface area contributed by atoms with Crippen molar-refractivity contribution < 1.29 is 9.47 Å². The van der Waals surface area contributed by atoms with Crippen molar-refractivity contribution in [2.45, 2.75) is 143 Å². The molecule has 0 aromatic heterocycles. The largest absolute Gasteiger partial charge is 0.492 e. The summed E-state index contributed by atoms with van der Waals surface area (Å²) in [7, 11) is 0. The SMILES string of the molecule is CCCCCCCOc1c2ccc(CCCCC)cc2c(OCCCCCCC)c2ccc(CCCCC)cc12. The third-order valence-electron chi connectivity index (χ3n) is 8.27. The van der Waals surface area contributed by atoms with Crippen LogP contribution in [0.4, 0.5) is 0 Å². The molecule has 0 saturated heterocycles. The summed E-state index contributed by atoms with van der Waals surface area (Å²) < 4.78 is 13.4. The predicted molar refractivity (Wildman–Crippen MR) is 176 cm³/mol. The zero-order valence-electron chi connectivity index (χ0n) is 26.4. The van der Waals surface area contributed by atoms with E-state index >= 15 is 0 Å². The zero-order chi connectivity index (χ0) is 28.4. The fourth-order valence-corrected chi connectivity index (χ4v) is 5.78. The van der Waals surface area contributed by atoms with Crippen molar-refractivity contribution in [3.63, 3.8) is 0 Å². The second kappa shape index (κ2) is 19.0. The Kier molecular flexibility index (Phi) is 15.3. The van der Waals surface area contributed by atoms with E-state index in [2.05, 4.69) is 64.1 Å². The molecule has 3 rings (SSSR count). The number of unbranched alkanes of at least 4 members (excludes halogenated alkanes) is 12. The molecular formula is C38H58O2. The first-order chi connectivity index (χ1) is 19.7. The lowest BCUT2D eigenvalue weighted by molar-refractivity contribution is 0.306. The van der Waals surface area contributed by atoms with E-state index in [1.165, 1.54) is 123 Å². The van der Waals surface area contributed by atoms with Crippen LogP contribution in [0, 0.1) is 0 Å². The van der Waals surface area contributed by atoms with Crippen LogP contribution in [0.2, 0.25) is 0 Å². The van der Waals surface area contributed by atoms with Crippen LogP contribution in [0.3, 0.4) is 0 Å². The fraction of sp³-hybridized carbons (Fsp3) is 0.632. The molecule has 0 atom stereocenters. The third kappa shape index (κ3) is 10.0. The maximum Gasteiger partial charge on any atom is 0.135 e. The Morgan fingerprint density at radius 1 is 0.400 bits per heavy atom. The standard InChI is InChI=1S/C38H58O2/c1-5-9-13-15-19-27-39-37-33-25-23-32(22-18-12-8-4)30-36(33)38(40-28-20-16-14-10-6-2)34-26-24-31(29-35(34)37)21-17-11-7-3/h23-26,29-30H,5-22,27-28H2,1-4H3. The molecule has 0 N–H and O–H groups in total. The summed E-state index contributed by atoms with van der Waals surface area (Å²) in [6.07, 6.45) is 22.3. The van der Waals surface area contributed by atoms with Crippen molar-refractivity contribution in [1.82, 2.24) is 0 Å². The maximum atomic E-state index is 6.70. The number of hydrogen-bond donors (Lipinski definition) is 0. The summed E-state index contributed by atoms with van der Waals surface area (Å²) in [6, 6.07) is 14.1. The Morgan fingerprint density at radius 2 is 0.775 bits per heavy atom. The van der Waals surface area contributed by atoms with Gasteiger partial charge in [-0.3, -0.25) is 0 Å². The highest BCUT2D eigenvalue weighted by Crippen LogP contribution is 2.44. The molecule has 0 aliphatic rings. The lowest BCUT2D eigenvalue weighted by Crippen LogP contribution is -2.03. The van der Waals surface area contributed by atoms with Crippen LogP contribution in [0.1, 0.15) is 142 Å². The zero-order valence-corrected chi connectivity index (χ0v) is 26.4. The molecule has 0 aliphatic carbocycles. The smallest absolute Gasteiger partial charge is 0.135 e. The molecule has 3 aromatic rings. The van der Waals surface area contributed by atoms with Crippen molar-refractivity contribution in [2.75, 3.05) is 13.2 Å². The number of benzene rings is 3. The second-order valence-electron chi connectivity index (χ2n) is 11.9. The molecule has 222 valence electrons. The Labute approximate surface area is 246 Å². The monoisotopic (exact) mass is 546 g/mol. The van der Waals surface area contributed by atoms with Gasteiger partial charge in [-0.15, -0.1) is 0 Å². The van der Waals surface area contributed by atoms with Crippen molar-refractivity contribution in [1.29, 1.82) is 0 Å². The Morgan fingerprint density at radius 3 is 1.18 bits per heavy atom. The van der Waals surface area contributed by atoms with E-state index in [-0.39, 0.29) is 0 Å². The third-order valence-corrected chi connectivity index (χ3v) is 8.27. The molecule has 2 nitrogen and oxygen atoms in total. The minimum absolute atomic E-state index is 0.782. The molecule has 0 fully saturated rings. The van der Waals surface area contributed by atoms with Crippen molar-refractivity contribution in [2.24, 2.45) is 0 Å². The van der Waals surface area contributed by atoms with E-state index < -0.39 is 0 Å². The van der Waals surface area contributed by atoms with E-state index in [9.17, 15) is 0 Å². The van der Waals surface area contributed by atoms with Gasteiger partial charge in [0, 0.05) is 21.5 Å². The molecule has 0 aliphatic heterocycles. The van der Waals surface area contributed by atoms with Gasteiger partial charge in [0.15, 0.2) is 0 Å². The normalized spacial score (nSPS) is 11.5. The van der Waals surface area contributed by atoms with Crippen LogP contribution in [0.25, 0.3) is 21.5 Å². The molecule has 3 aromatic carbocycles. The minimum atomic E-state index is 0.782. The molecule has 0 saturated carbocycles. The second-order valence-corrected chi connectivity index (χ2v) is 11.9. The molecule has 40 heavy (non-hydrogen) atoms. The summed E-state index contributed by atoms with van der Waals surface area (Å²) in [5.74, 6) is 2.13. The van der Waals surface area contributed by atoms with Crippen molar-refractivity contribution in [3.8, 4) is 11.5 Å². The Balaban J connectivity index is 2.01. The van der Waals surface area contributed by atoms with E-state index in [0.717, 1.165) is 50.4 Å². The minimum Gasteiger partial charge on any atom is -0.492 e. The van der Waals surface area contributed by atoms with Gasteiger partial charge in [-0.2, -0.15) is 0 Å². The van der Waals surface area contributed by atoms with E-state index in [0.29, 0.717) is 0 Å². The molecule has 0 spiro atoms. The average Bonchev–Trinajstić information content (AvgIpc) is 2.97. The van der Waals surface area contributed by atoms with Gasteiger partial charge in [0.05, 0.1) is 13.2 Å². The maximum absolute atomic E-state index is 6.70. The molecular weight excluding hydrogens is 488 g/mol. The lowest BCUT2D eigenvalue weighted by Gasteiger charge is -2.19. The van der Waals surface area contributed by atoms with Crippen LogP contribution in [-0.2, 0) is 12.8 Å². The Hall–Kier alpha value is -2.22. The highest BCUT2D eigenvalue weighted by molar-refractivity contribution is 6.11. The predicted octanol–water partition coefficient (Wildman–Crippen LogP) is 12.2. The highest BCUT2D eigenvalue weighted by atomic mass is 16.5. The first-order valence-electron chi connectivity index (χ1n) is 17.0. The van der Waals surface area contributed by atoms with E-state index in [4.69, 9.17) is 9.47 Å². The highest BCUT2D eigenvalue weighted by Gasteiger charge is 2.18. The van der Waals surface area contributed by atoms with Crippen LogP contribution in [0.15, 0.2) is 36.4 Å². The first-order valence-corrected chi connectivity index (χ1v) is 17.0. The van der Waals surface area contributed by atoms with Gasteiger partial charge in [-0.1, -0.05) is 129 Å². The van der Waals surface area contributed by atoms with Gasteiger partial charge in [0.1, 0.15) is 11.5 Å². The molecule has 0 unspecified atom stereocenters. The first kappa shape index (κ1) is 32.3. The van der Waals surface area contributed by atoms with Crippen LogP contribution in [0.5, 0.6) is 11.5 Å². The van der Waals surface area contributed by atoms with Gasteiger partial charge in [-0.05, 0) is 61.8 Å². The number of fused-ring (bicyclic) bond motifs is 2. The van der Waals surface area contributed by atoms with Gasteiger partial charge in [0.25, 0.3) is 0 Å². The quantitative estimate of drug-likeness (QED) is 0.0921. The van der Waals surface area contributed by atoms with Crippen molar-refractivity contribution >= 4 is 21.5 Å². The van der Waals surface area contributed by atoms with E-state index in [1.807, 2.05) is 0 Å². The topological polar surface area (TPSA) is 18.5 Å². The van der Waals surface area contributed by atoms with Crippen molar-refractivity contribution in [3.05, 3.63) is 47.5 Å². The van der Waals surface area contributed by atoms with Gasteiger partial charge < -0.3 is 9.47 Å². The van der Waals surface area contributed by atoms with E-state index in [1.54, 1.807) is 0 Å². The summed E-state index contributed by atoms with van der Waals surface area (Å²) in [4.78, 5) is 0. The summed E-state index contributed by atoms with van der Waals surface area (Å²) >= 11 is 0. The number of rotatable bonds is 22. The Bertz CT molecular complexity index is 1030. The van der Waals surface area contributed by atoms with Gasteiger partial charge in [0.2, 0.25) is 0 Å². The number of ether oxygens (including phenoxy) is 2. The van der Waals surface area contributed by atoms with Crippen LogP contribution < -0.4 is 9.47 Å². The molecule has 0 radical (unpaired) electrons. The molecule has 0 amide bonds. The molecule has 0 bridgehead atoms. The number of aryl methyl sites for hydroxylation is 2. The molecule has 2 heteroatoms. The van der Waals surface area contributed by atoms with Crippen LogP contribution in [-0.4, -0.2) is 13.2 Å². The summed E-state index contributed by atoms with van der Waals surface area (Å²) in [6.45, 7) is 10.7. The summed E-state index contributed by atoms with van der Waals surface area (Å²) in [5, 5.41) is 4.89. The average molecular weight is 547 g/mol. The lowest BCUT2D eigenvalue weighted by atomic mass is 9.95.